The number of thiophene rings is 1. The molecule has 5 nitrogen and oxygen atoms in total. The van der Waals surface area contributed by atoms with Crippen LogP contribution in [0.25, 0.3) is 0 Å². The van der Waals surface area contributed by atoms with E-state index in [1.807, 2.05) is 45.8 Å². The molecular formula is C26H34FN3O2S. The highest BCUT2D eigenvalue weighted by Crippen LogP contribution is 2.30. The van der Waals surface area contributed by atoms with Gasteiger partial charge in [-0.25, -0.2) is 4.39 Å². The lowest BCUT2D eigenvalue weighted by molar-refractivity contribution is -0.130. The van der Waals surface area contributed by atoms with E-state index in [2.05, 4.69) is 4.90 Å². The van der Waals surface area contributed by atoms with Crippen molar-refractivity contribution in [2.45, 2.75) is 51.1 Å². The molecule has 0 radical (unpaired) electrons. The van der Waals surface area contributed by atoms with E-state index in [1.165, 1.54) is 17.4 Å². The molecule has 2 amide bonds. The van der Waals surface area contributed by atoms with Crippen LogP contribution in [0.1, 0.15) is 48.5 Å². The number of carbonyl (C=O) groups is 2. The van der Waals surface area contributed by atoms with Crippen LogP contribution in [0.15, 0.2) is 41.1 Å². The van der Waals surface area contributed by atoms with Gasteiger partial charge in [0.05, 0.1) is 5.56 Å². The largest absolute Gasteiger partial charge is 0.343 e. The van der Waals surface area contributed by atoms with Crippen molar-refractivity contribution in [1.29, 1.82) is 0 Å². The maximum Gasteiger partial charge on any atom is 0.254 e. The average Bonchev–Trinajstić information content (AvgIpc) is 3.38. The minimum atomic E-state index is -0.200. The Morgan fingerprint density at radius 1 is 1.09 bits per heavy atom. The number of piperidine rings is 2. The predicted octanol–water partition coefficient (Wildman–Crippen LogP) is 4.29. The number of nitrogens with zero attached hydrogens (tertiary/aromatic N) is 3. The van der Waals surface area contributed by atoms with Crippen LogP contribution < -0.4 is 0 Å². The number of benzene rings is 1. The van der Waals surface area contributed by atoms with E-state index in [0.717, 1.165) is 51.9 Å². The summed E-state index contributed by atoms with van der Waals surface area (Å²) in [7, 11) is 1.87. The Bertz CT molecular complexity index is 935. The Balaban J connectivity index is 1.43. The van der Waals surface area contributed by atoms with Gasteiger partial charge in [-0.15, -0.1) is 0 Å². The second-order valence-corrected chi connectivity index (χ2v) is 10.2. The molecule has 1 aromatic carbocycles. The van der Waals surface area contributed by atoms with Crippen molar-refractivity contribution in [2.75, 3.05) is 33.2 Å². The van der Waals surface area contributed by atoms with Gasteiger partial charge in [-0.3, -0.25) is 9.59 Å². The summed E-state index contributed by atoms with van der Waals surface area (Å²) in [6.07, 6.45) is 4.57. The number of rotatable bonds is 6. The summed E-state index contributed by atoms with van der Waals surface area (Å²) >= 11 is 1.52. The molecule has 7 heteroatoms. The molecule has 0 saturated carbocycles. The molecule has 3 heterocycles. The van der Waals surface area contributed by atoms with Crippen LogP contribution in [-0.2, 0) is 11.2 Å². The summed E-state index contributed by atoms with van der Waals surface area (Å²) < 4.78 is 14.5. The third-order valence-electron chi connectivity index (χ3n) is 7.52. The first-order valence-corrected chi connectivity index (χ1v) is 12.9. The maximum atomic E-state index is 14.5. The fourth-order valence-corrected chi connectivity index (χ4v) is 6.09. The van der Waals surface area contributed by atoms with Gasteiger partial charge in [0.25, 0.3) is 5.91 Å². The Kier molecular flexibility index (Phi) is 7.81. The van der Waals surface area contributed by atoms with Crippen molar-refractivity contribution in [1.82, 2.24) is 14.7 Å². The molecule has 2 fully saturated rings. The molecule has 2 saturated heterocycles. The summed E-state index contributed by atoms with van der Waals surface area (Å²) in [6.45, 7) is 5.31. The van der Waals surface area contributed by atoms with Gasteiger partial charge in [-0.05, 0) is 74.2 Å². The molecule has 178 valence electrons. The van der Waals surface area contributed by atoms with Gasteiger partial charge in [0.1, 0.15) is 5.82 Å². The zero-order chi connectivity index (χ0) is 23.4. The maximum absolute atomic E-state index is 14.5. The second-order valence-electron chi connectivity index (χ2n) is 9.40. The van der Waals surface area contributed by atoms with E-state index in [9.17, 15) is 14.0 Å². The predicted molar refractivity (Wildman–Crippen MR) is 130 cm³/mol. The minimum Gasteiger partial charge on any atom is -0.343 e. The zero-order valence-electron chi connectivity index (χ0n) is 19.6. The third-order valence-corrected chi connectivity index (χ3v) is 8.20. The van der Waals surface area contributed by atoms with E-state index < -0.39 is 0 Å². The molecule has 1 aromatic heterocycles. The van der Waals surface area contributed by atoms with Crippen LogP contribution in [-0.4, -0.2) is 71.8 Å². The van der Waals surface area contributed by atoms with Crippen molar-refractivity contribution in [3.63, 3.8) is 0 Å². The van der Waals surface area contributed by atoms with E-state index in [1.54, 1.807) is 13.0 Å². The van der Waals surface area contributed by atoms with E-state index >= 15 is 0 Å². The first kappa shape index (κ1) is 23.9. The van der Waals surface area contributed by atoms with E-state index in [0.29, 0.717) is 29.5 Å². The van der Waals surface area contributed by atoms with Crippen molar-refractivity contribution in [3.8, 4) is 0 Å². The van der Waals surface area contributed by atoms with Crippen LogP contribution in [0, 0.1) is 11.7 Å². The molecular weight excluding hydrogens is 437 g/mol. The van der Waals surface area contributed by atoms with Gasteiger partial charge in [-0.2, -0.15) is 11.3 Å². The lowest BCUT2D eigenvalue weighted by Crippen LogP contribution is -2.51. The lowest BCUT2D eigenvalue weighted by Gasteiger charge is -2.44. The van der Waals surface area contributed by atoms with E-state index in [-0.39, 0.29) is 23.7 Å². The highest BCUT2D eigenvalue weighted by Gasteiger charge is 2.35. The summed E-state index contributed by atoms with van der Waals surface area (Å²) in [6, 6.07) is 9.26. The Hall–Kier alpha value is -2.25. The molecule has 4 rings (SSSR count). The van der Waals surface area contributed by atoms with Crippen molar-refractivity contribution < 1.29 is 14.0 Å². The van der Waals surface area contributed by atoms with Gasteiger partial charge in [0.2, 0.25) is 5.91 Å². The van der Waals surface area contributed by atoms with E-state index in [4.69, 9.17) is 0 Å². The quantitative estimate of drug-likeness (QED) is 0.631. The Labute approximate surface area is 200 Å². The summed E-state index contributed by atoms with van der Waals surface area (Å²) in [5, 5.41) is 3.80. The monoisotopic (exact) mass is 471 g/mol. The average molecular weight is 472 g/mol. The first-order chi connectivity index (χ1) is 15.9. The fourth-order valence-electron chi connectivity index (χ4n) is 5.46. The summed E-state index contributed by atoms with van der Waals surface area (Å²) in [5.74, 6) is 0.303. The second kappa shape index (κ2) is 10.8. The minimum absolute atomic E-state index is 0.0108. The standard InChI is InChI=1S/C26H34FN3O2S/c1-19(31)29-14-9-23(10-15-29)30-12-7-20(8-13-30)25(17-21-5-3-4-6-24(21)27)28(2)26(32)22-11-16-33-18-22/h3-6,11,16,18,20,23,25H,7-10,12-15,17H2,1-2H3/t25-/m1/s1. The number of amides is 2. The van der Waals surface area contributed by atoms with Crippen LogP contribution in [0.4, 0.5) is 4.39 Å². The topological polar surface area (TPSA) is 43.9 Å². The number of likely N-dealkylation sites (tertiary alicyclic amines) is 2. The summed E-state index contributed by atoms with van der Waals surface area (Å²) in [5.41, 5.74) is 1.38. The molecule has 2 aromatic rings. The number of hydrogen-bond donors (Lipinski definition) is 0. The number of likely N-dealkylation sites (N-methyl/N-ethyl adjacent to an activating group) is 1. The molecule has 2 aliphatic heterocycles. The van der Waals surface area contributed by atoms with Gasteiger partial charge < -0.3 is 14.7 Å². The van der Waals surface area contributed by atoms with Crippen LogP contribution in [0.5, 0.6) is 0 Å². The number of halogens is 1. The normalized spacial score (nSPS) is 19.4. The fraction of sp³-hybridized carbons (Fsp3) is 0.538. The lowest BCUT2D eigenvalue weighted by atomic mass is 9.83. The molecule has 2 aliphatic rings. The first-order valence-electron chi connectivity index (χ1n) is 12.0. The Morgan fingerprint density at radius 2 is 1.79 bits per heavy atom. The van der Waals surface area contributed by atoms with Crippen molar-refractivity contribution in [2.24, 2.45) is 5.92 Å². The third kappa shape index (κ3) is 5.64. The SMILES string of the molecule is CC(=O)N1CCC(N2CCC([C@@H](Cc3ccccc3F)N(C)C(=O)c3ccsc3)CC2)CC1. The molecule has 0 bridgehead atoms. The van der Waals surface area contributed by atoms with Crippen molar-refractivity contribution >= 4 is 23.2 Å². The van der Waals surface area contributed by atoms with Gasteiger partial charge in [-0.1, -0.05) is 18.2 Å². The number of hydrogen-bond acceptors (Lipinski definition) is 4. The number of carbonyl (C=O) groups excluding carboxylic acids is 2. The van der Waals surface area contributed by atoms with Crippen LogP contribution >= 0.6 is 11.3 Å². The molecule has 0 N–H and O–H groups in total. The highest BCUT2D eigenvalue weighted by molar-refractivity contribution is 7.08. The molecule has 0 aliphatic carbocycles. The summed E-state index contributed by atoms with van der Waals surface area (Å²) in [4.78, 5) is 31.1. The molecule has 1 atom stereocenters. The van der Waals surface area contributed by atoms with Crippen molar-refractivity contribution in [3.05, 3.63) is 58.0 Å². The van der Waals surface area contributed by atoms with Gasteiger partial charge in [0, 0.05) is 44.5 Å². The molecule has 0 unspecified atom stereocenters. The van der Waals surface area contributed by atoms with Crippen LogP contribution in [0.2, 0.25) is 0 Å². The molecule has 0 spiro atoms. The molecule has 33 heavy (non-hydrogen) atoms. The van der Waals surface area contributed by atoms with Gasteiger partial charge in [0.15, 0.2) is 0 Å². The van der Waals surface area contributed by atoms with Gasteiger partial charge >= 0.3 is 0 Å². The smallest absolute Gasteiger partial charge is 0.254 e. The van der Waals surface area contributed by atoms with Crippen LogP contribution in [0.3, 0.4) is 0 Å². The zero-order valence-corrected chi connectivity index (χ0v) is 20.4. The highest BCUT2D eigenvalue weighted by atomic mass is 32.1. The Morgan fingerprint density at radius 3 is 2.39 bits per heavy atom.